The second-order valence-corrected chi connectivity index (χ2v) is 4.78. The standard InChI is InChI=1S/C16H9ClFNO2/c17-13-7-16-15(20-9-21-16)6-10(13)5-11(8-19)12-3-1-2-4-14(12)18/h1-7H,9H2/b11-5-. The maximum atomic E-state index is 13.8. The van der Waals surface area contributed by atoms with Crippen LogP contribution in [0.2, 0.25) is 5.02 Å². The quantitative estimate of drug-likeness (QED) is 0.614. The van der Waals surface area contributed by atoms with E-state index in [0.29, 0.717) is 22.1 Å². The molecule has 1 aliphatic rings. The number of nitrogens with zero attached hydrogens (tertiary/aromatic N) is 1. The Morgan fingerprint density at radius 3 is 2.67 bits per heavy atom. The molecule has 0 amide bonds. The molecule has 104 valence electrons. The van der Waals surface area contributed by atoms with Gasteiger partial charge in [-0.25, -0.2) is 4.39 Å². The fraction of sp³-hybridized carbons (Fsp3) is 0.0625. The molecule has 2 aromatic carbocycles. The van der Waals surface area contributed by atoms with E-state index in [1.54, 1.807) is 30.3 Å². The van der Waals surface area contributed by atoms with Gasteiger partial charge >= 0.3 is 0 Å². The van der Waals surface area contributed by atoms with E-state index in [2.05, 4.69) is 0 Å². The van der Waals surface area contributed by atoms with E-state index in [1.807, 2.05) is 6.07 Å². The Morgan fingerprint density at radius 2 is 1.95 bits per heavy atom. The van der Waals surface area contributed by atoms with E-state index in [-0.39, 0.29) is 17.9 Å². The average Bonchev–Trinajstić information content (AvgIpc) is 2.92. The minimum atomic E-state index is -0.456. The molecule has 2 aromatic rings. The maximum absolute atomic E-state index is 13.8. The van der Waals surface area contributed by atoms with Crippen molar-refractivity contribution in [1.82, 2.24) is 0 Å². The molecule has 5 heteroatoms. The minimum Gasteiger partial charge on any atom is -0.454 e. The number of fused-ring (bicyclic) bond motifs is 1. The molecule has 0 atom stereocenters. The highest BCUT2D eigenvalue weighted by Crippen LogP contribution is 2.38. The lowest BCUT2D eigenvalue weighted by atomic mass is 10.0. The van der Waals surface area contributed by atoms with Crippen molar-refractivity contribution in [2.75, 3.05) is 6.79 Å². The summed E-state index contributed by atoms with van der Waals surface area (Å²) in [5.74, 6) is 0.653. The van der Waals surface area contributed by atoms with Crippen LogP contribution in [0.25, 0.3) is 11.6 Å². The largest absolute Gasteiger partial charge is 0.454 e. The predicted octanol–water partition coefficient (Wildman–Crippen LogP) is 4.27. The van der Waals surface area contributed by atoms with E-state index < -0.39 is 5.82 Å². The Labute approximate surface area is 125 Å². The van der Waals surface area contributed by atoms with Crippen molar-refractivity contribution >= 4 is 23.3 Å². The van der Waals surface area contributed by atoms with Crippen LogP contribution in [-0.4, -0.2) is 6.79 Å². The lowest BCUT2D eigenvalue weighted by Crippen LogP contribution is -1.92. The van der Waals surface area contributed by atoms with Gasteiger partial charge in [-0.1, -0.05) is 29.8 Å². The Morgan fingerprint density at radius 1 is 1.24 bits per heavy atom. The van der Waals surface area contributed by atoms with E-state index in [0.717, 1.165) is 0 Å². The van der Waals surface area contributed by atoms with Crippen LogP contribution in [0.3, 0.4) is 0 Å². The fourth-order valence-corrected chi connectivity index (χ4v) is 2.26. The van der Waals surface area contributed by atoms with E-state index in [4.69, 9.17) is 21.1 Å². The van der Waals surface area contributed by atoms with Crippen LogP contribution < -0.4 is 9.47 Å². The molecule has 0 saturated heterocycles. The van der Waals surface area contributed by atoms with Crippen LogP contribution in [0.4, 0.5) is 4.39 Å². The van der Waals surface area contributed by atoms with Crippen molar-refractivity contribution in [1.29, 1.82) is 5.26 Å². The number of benzene rings is 2. The van der Waals surface area contributed by atoms with Gasteiger partial charge in [0.05, 0.1) is 16.7 Å². The molecule has 0 bridgehead atoms. The topological polar surface area (TPSA) is 42.2 Å². The third-order valence-electron chi connectivity index (χ3n) is 3.08. The SMILES string of the molecule is N#C/C(=C/c1cc2c(cc1Cl)OCO2)c1ccccc1F. The van der Waals surface area contributed by atoms with E-state index in [9.17, 15) is 9.65 Å². The van der Waals surface area contributed by atoms with Gasteiger partial charge in [0.1, 0.15) is 5.82 Å². The van der Waals surface area contributed by atoms with Gasteiger partial charge in [0.25, 0.3) is 0 Å². The van der Waals surface area contributed by atoms with Crippen molar-refractivity contribution in [3.63, 3.8) is 0 Å². The van der Waals surface area contributed by atoms with Gasteiger partial charge in [-0.2, -0.15) is 5.26 Å². The molecule has 0 aliphatic carbocycles. The van der Waals surface area contributed by atoms with E-state index in [1.165, 1.54) is 12.1 Å². The monoisotopic (exact) mass is 301 g/mol. The molecule has 0 radical (unpaired) electrons. The summed E-state index contributed by atoms with van der Waals surface area (Å²) >= 11 is 6.15. The summed E-state index contributed by atoms with van der Waals surface area (Å²) in [4.78, 5) is 0. The Hall–Kier alpha value is -2.51. The van der Waals surface area contributed by atoms with Gasteiger partial charge in [0, 0.05) is 11.6 Å². The highest BCUT2D eigenvalue weighted by Gasteiger charge is 2.16. The van der Waals surface area contributed by atoms with Crippen LogP contribution in [-0.2, 0) is 0 Å². The summed E-state index contributed by atoms with van der Waals surface area (Å²) < 4.78 is 24.3. The van der Waals surface area contributed by atoms with Crippen molar-refractivity contribution in [2.24, 2.45) is 0 Å². The number of hydrogen-bond donors (Lipinski definition) is 0. The number of rotatable bonds is 2. The molecule has 1 aliphatic heterocycles. The first kappa shape index (κ1) is 13.5. The lowest BCUT2D eigenvalue weighted by Gasteiger charge is -2.04. The molecule has 3 nitrogen and oxygen atoms in total. The third-order valence-corrected chi connectivity index (χ3v) is 3.40. The zero-order valence-corrected chi connectivity index (χ0v) is 11.5. The lowest BCUT2D eigenvalue weighted by molar-refractivity contribution is 0.174. The van der Waals surface area contributed by atoms with Crippen LogP contribution >= 0.6 is 11.6 Å². The minimum absolute atomic E-state index is 0.136. The highest BCUT2D eigenvalue weighted by molar-refractivity contribution is 6.32. The van der Waals surface area contributed by atoms with E-state index >= 15 is 0 Å². The summed E-state index contributed by atoms with van der Waals surface area (Å²) in [5.41, 5.74) is 0.989. The van der Waals surface area contributed by atoms with Crippen LogP contribution in [0.5, 0.6) is 11.5 Å². The highest BCUT2D eigenvalue weighted by atomic mass is 35.5. The molecule has 0 saturated carbocycles. The second kappa shape index (κ2) is 5.47. The zero-order chi connectivity index (χ0) is 14.8. The van der Waals surface area contributed by atoms with Gasteiger partial charge in [0.2, 0.25) is 6.79 Å². The van der Waals surface area contributed by atoms with Crippen LogP contribution in [0.1, 0.15) is 11.1 Å². The van der Waals surface area contributed by atoms with Crippen LogP contribution in [0, 0.1) is 17.1 Å². The molecular weight excluding hydrogens is 293 g/mol. The Kier molecular flexibility index (Phi) is 3.51. The molecule has 0 N–H and O–H groups in total. The number of ether oxygens (including phenoxy) is 2. The molecule has 21 heavy (non-hydrogen) atoms. The predicted molar refractivity (Wildman–Crippen MR) is 77.5 cm³/mol. The van der Waals surface area contributed by atoms with Crippen molar-refractivity contribution in [2.45, 2.75) is 0 Å². The number of halogens is 2. The van der Waals surface area contributed by atoms with Gasteiger partial charge in [-0.3, -0.25) is 0 Å². The van der Waals surface area contributed by atoms with Gasteiger partial charge < -0.3 is 9.47 Å². The van der Waals surface area contributed by atoms with Crippen molar-refractivity contribution in [3.05, 3.63) is 58.4 Å². The van der Waals surface area contributed by atoms with Crippen LogP contribution in [0.15, 0.2) is 36.4 Å². The van der Waals surface area contributed by atoms with Gasteiger partial charge in [0.15, 0.2) is 11.5 Å². The molecule has 0 fully saturated rings. The summed E-state index contributed by atoms with van der Waals surface area (Å²) in [6.07, 6.45) is 1.53. The summed E-state index contributed by atoms with van der Waals surface area (Å²) in [6.45, 7) is 0.136. The summed E-state index contributed by atoms with van der Waals surface area (Å²) in [6, 6.07) is 11.4. The number of hydrogen-bond acceptors (Lipinski definition) is 3. The Bertz CT molecular complexity index is 780. The molecule has 1 heterocycles. The number of allylic oxidation sites excluding steroid dienone is 1. The summed E-state index contributed by atoms with van der Waals surface area (Å²) in [5, 5.41) is 9.67. The molecule has 0 unspecified atom stereocenters. The number of nitriles is 1. The molecular formula is C16H9ClFNO2. The molecule has 3 rings (SSSR count). The Balaban J connectivity index is 2.08. The van der Waals surface area contributed by atoms with Crippen molar-refractivity contribution < 1.29 is 13.9 Å². The maximum Gasteiger partial charge on any atom is 0.231 e. The summed E-state index contributed by atoms with van der Waals surface area (Å²) in [7, 11) is 0. The zero-order valence-electron chi connectivity index (χ0n) is 10.8. The fourth-order valence-electron chi connectivity index (χ4n) is 2.05. The smallest absolute Gasteiger partial charge is 0.231 e. The van der Waals surface area contributed by atoms with Gasteiger partial charge in [-0.15, -0.1) is 0 Å². The van der Waals surface area contributed by atoms with Crippen molar-refractivity contribution in [3.8, 4) is 17.6 Å². The average molecular weight is 302 g/mol. The third kappa shape index (κ3) is 2.56. The van der Waals surface area contributed by atoms with Gasteiger partial charge in [-0.05, 0) is 23.8 Å². The second-order valence-electron chi connectivity index (χ2n) is 4.38. The normalized spacial score (nSPS) is 13.1. The molecule has 0 spiro atoms. The first-order valence-corrected chi connectivity index (χ1v) is 6.52. The first-order chi connectivity index (χ1) is 10.2. The molecule has 0 aromatic heterocycles. The first-order valence-electron chi connectivity index (χ1n) is 6.15.